The number of ether oxygens (including phenoxy) is 2. The number of likely N-dealkylation sites (N-methyl/N-ethyl adjacent to an activating group) is 1. The summed E-state index contributed by atoms with van der Waals surface area (Å²) in [6.07, 6.45) is -2.55. The standard InChI is InChI=1S/C28H39FN5O9P/c1-17(2)41-25(37)18(3)32-44(39,43-19-10-7-6-8-11-19)40-16-21-23(35)28(4,29)26(42-21)34-15-13-22(31-27(34)38)30-24(36)20-12-9-14-33(20)5/h6-8,10-11,13,15,17-18,20-21,23,26,35H,9,12,14,16H2,1-5H3,(H,32,39)(H,30,31,36,38)/t18-,20+,21-,23-,26-,28-,44?/m1/s1. The van der Waals surface area contributed by atoms with Gasteiger partial charge in [0, 0.05) is 6.20 Å². The number of nitrogens with one attached hydrogen (secondary N) is 2. The van der Waals surface area contributed by atoms with Crippen molar-refractivity contribution < 1.29 is 42.2 Å². The summed E-state index contributed by atoms with van der Waals surface area (Å²) in [6.45, 7) is 5.90. The minimum absolute atomic E-state index is 0.00859. The molecule has 7 atom stereocenters. The zero-order valence-electron chi connectivity index (χ0n) is 25.2. The molecule has 44 heavy (non-hydrogen) atoms. The Bertz CT molecular complexity index is 1430. The summed E-state index contributed by atoms with van der Waals surface area (Å²) in [4.78, 5) is 43.6. The molecule has 0 spiro atoms. The van der Waals surface area contributed by atoms with E-state index in [-0.39, 0.29) is 23.5 Å². The lowest BCUT2D eigenvalue weighted by Crippen LogP contribution is -2.43. The van der Waals surface area contributed by atoms with Crippen LogP contribution in [0.25, 0.3) is 0 Å². The van der Waals surface area contributed by atoms with E-state index in [9.17, 15) is 24.1 Å². The largest absolute Gasteiger partial charge is 0.462 e. The van der Waals surface area contributed by atoms with Crippen molar-refractivity contribution in [3.8, 4) is 5.75 Å². The lowest BCUT2D eigenvalue weighted by Gasteiger charge is -2.25. The summed E-state index contributed by atoms with van der Waals surface area (Å²) in [7, 11) is -2.51. The molecular weight excluding hydrogens is 600 g/mol. The predicted octanol–water partition coefficient (Wildman–Crippen LogP) is 2.40. The van der Waals surface area contributed by atoms with Crippen molar-refractivity contribution in [3.05, 3.63) is 53.1 Å². The first-order valence-corrected chi connectivity index (χ1v) is 15.8. The molecule has 0 bridgehead atoms. The van der Waals surface area contributed by atoms with E-state index in [4.69, 9.17) is 18.5 Å². The average Bonchev–Trinajstić information content (AvgIpc) is 3.48. The number of aromatic nitrogens is 2. The van der Waals surface area contributed by atoms with E-state index in [1.54, 1.807) is 32.0 Å². The third kappa shape index (κ3) is 7.89. The SMILES string of the molecule is CC(C)OC(=O)[C@@H](C)NP(=O)(OC[C@H]1O[C@@H](n2ccc(NC(=O)[C@@H]3CCCN3C)nc2=O)[C@](C)(F)[C@@H]1O)Oc1ccccc1. The van der Waals surface area contributed by atoms with E-state index in [2.05, 4.69) is 15.4 Å². The summed E-state index contributed by atoms with van der Waals surface area (Å²) >= 11 is 0. The van der Waals surface area contributed by atoms with Crippen LogP contribution in [0.2, 0.25) is 0 Å². The molecule has 2 saturated heterocycles. The molecule has 2 aliphatic rings. The Morgan fingerprint density at radius 3 is 2.57 bits per heavy atom. The Morgan fingerprint density at radius 1 is 1.25 bits per heavy atom. The average molecular weight is 640 g/mol. The number of rotatable bonds is 12. The summed E-state index contributed by atoms with van der Waals surface area (Å²) in [5.74, 6) is -0.878. The van der Waals surface area contributed by atoms with E-state index in [1.807, 2.05) is 11.9 Å². The molecule has 0 aliphatic carbocycles. The maximum absolute atomic E-state index is 15.9. The zero-order chi connectivity index (χ0) is 32.2. The van der Waals surface area contributed by atoms with Crippen molar-refractivity contribution >= 4 is 25.4 Å². The molecule has 0 radical (unpaired) electrons. The van der Waals surface area contributed by atoms with Gasteiger partial charge in [-0.25, -0.2) is 13.8 Å². The number of carbonyl (C=O) groups is 2. The van der Waals surface area contributed by atoms with Gasteiger partial charge in [-0.3, -0.25) is 23.6 Å². The number of nitrogens with zero attached hydrogens (tertiary/aromatic N) is 3. The second kappa shape index (κ2) is 13.8. The fourth-order valence-corrected chi connectivity index (χ4v) is 6.47. The highest BCUT2D eigenvalue weighted by Gasteiger charge is 2.56. The molecule has 3 N–H and O–H groups in total. The molecule has 1 aromatic heterocycles. The molecule has 2 aromatic rings. The molecule has 1 unspecified atom stereocenters. The van der Waals surface area contributed by atoms with Crippen LogP contribution in [-0.4, -0.2) is 87.7 Å². The van der Waals surface area contributed by atoms with Crippen LogP contribution in [0, 0.1) is 0 Å². The van der Waals surface area contributed by atoms with Gasteiger partial charge in [-0.15, -0.1) is 0 Å². The van der Waals surface area contributed by atoms with Gasteiger partial charge in [-0.2, -0.15) is 10.1 Å². The zero-order valence-corrected chi connectivity index (χ0v) is 26.1. The molecule has 3 heterocycles. The monoisotopic (exact) mass is 639 g/mol. The summed E-state index contributed by atoms with van der Waals surface area (Å²) in [6, 6.07) is 7.87. The smallest absolute Gasteiger partial charge is 0.459 e. The van der Waals surface area contributed by atoms with Crippen LogP contribution in [0.4, 0.5) is 10.2 Å². The molecular formula is C28H39FN5O9P. The van der Waals surface area contributed by atoms with Crippen LogP contribution in [0.1, 0.15) is 46.8 Å². The molecule has 14 nitrogen and oxygen atoms in total. The highest BCUT2D eigenvalue weighted by Crippen LogP contribution is 2.47. The van der Waals surface area contributed by atoms with E-state index in [0.717, 1.165) is 24.5 Å². The van der Waals surface area contributed by atoms with Crippen LogP contribution < -0.4 is 20.6 Å². The Morgan fingerprint density at radius 2 is 1.95 bits per heavy atom. The first-order valence-electron chi connectivity index (χ1n) is 14.3. The minimum Gasteiger partial charge on any atom is -0.462 e. The number of carbonyl (C=O) groups excluding carboxylic acids is 2. The quantitative estimate of drug-likeness (QED) is 0.229. The third-order valence-corrected chi connectivity index (χ3v) is 8.95. The predicted molar refractivity (Wildman–Crippen MR) is 157 cm³/mol. The number of anilines is 1. The number of aliphatic hydroxyl groups excluding tert-OH is 1. The highest BCUT2D eigenvalue weighted by atomic mass is 31.2. The molecule has 242 valence electrons. The lowest BCUT2D eigenvalue weighted by atomic mass is 9.98. The maximum Gasteiger partial charge on any atom is 0.459 e. The van der Waals surface area contributed by atoms with Crippen LogP contribution in [0.15, 0.2) is 47.4 Å². The van der Waals surface area contributed by atoms with Gasteiger partial charge >= 0.3 is 19.4 Å². The van der Waals surface area contributed by atoms with Gasteiger partial charge in [-0.05, 0) is 72.3 Å². The Labute approximate surface area is 254 Å². The van der Waals surface area contributed by atoms with E-state index in [0.29, 0.717) is 6.42 Å². The minimum atomic E-state index is -4.34. The molecule has 16 heteroatoms. The summed E-state index contributed by atoms with van der Waals surface area (Å²) in [5, 5.41) is 15.9. The van der Waals surface area contributed by atoms with Gasteiger partial charge in [0.15, 0.2) is 11.9 Å². The molecule has 2 aliphatic heterocycles. The van der Waals surface area contributed by atoms with Crippen LogP contribution in [0.3, 0.4) is 0 Å². The molecule has 1 amide bonds. The number of halogens is 1. The molecule has 1 aromatic carbocycles. The van der Waals surface area contributed by atoms with Crippen molar-refractivity contribution in [2.24, 2.45) is 0 Å². The van der Waals surface area contributed by atoms with E-state index in [1.165, 1.54) is 31.3 Å². The van der Waals surface area contributed by atoms with Gasteiger partial charge in [0.2, 0.25) is 5.91 Å². The maximum atomic E-state index is 15.9. The van der Waals surface area contributed by atoms with Crippen LogP contribution >= 0.6 is 7.75 Å². The van der Waals surface area contributed by atoms with Crippen molar-refractivity contribution in [2.75, 3.05) is 25.5 Å². The number of aliphatic hydroxyl groups is 1. The second-order valence-electron chi connectivity index (χ2n) is 11.3. The summed E-state index contributed by atoms with van der Waals surface area (Å²) in [5.41, 5.74) is -3.44. The normalized spacial score (nSPS) is 27.5. The Balaban J connectivity index is 1.47. The first kappa shape index (κ1) is 33.7. The number of hydrogen-bond acceptors (Lipinski definition) is 11. The van der Waals surface area contributed by atoms with Gasteiger partial charge in [0.1, 0.15) is 29.8 Å². The number of hydrogen-bond donors (Lipinski definition) is 3. The van der Waals surface area contributed by atoms with E-state index < -0.39 is 62.3 Å². The fourth-order valence-electron chi connectivity index (χ4n) is 4.97. The van der Waals surface area contributed by atoms with Crippen LogP contribution in [-0.2, 0) is 28.2 Å². The van der Waals surface area contributed by atoms with Gasteiger partial charge in [0.25, 0.3) is 0 Å². The molecule has 0 saturated carbocycles. The van der Waals surface area contributed by atoms with E-state index >= 15 is 4.39 Å². The van der Waals surface area contributed by atoms with Gasteiger partial charge in [0.05, 0.1) is 18.8 Å². The van der Waals surface area contributed by atoms with Crippen molar-refractivity contribution in [3.63, 3.8) is 0 Å². The number of alkyl halides is 1. The molecule has 2 fully saturated rings. The summed E-state index contributed by atoms with van der Waals surface area (Å²) < 4.78 is 52.5. The first-order chi connectivity index (χ1) is 20.7. The topological polar surface area (TPSA) is 171 Å². The number of esters is 1. The number of benzene rings is 1. The number of likely N-dealkylation sites (tertiary alicyclic amines) is 1. The third-order valence-electron chi connectivity index (χ3n) is 7.31. The highest BCUT2D eigenvalue weighted by molar-refractivity contribution is 7.52. The fraction of sp³-hybridized carbons (Fsp3) is 0.571. The Hall–Kier alpha value is -3.20. The second-order valence-corrected chi connectivity index (χ2v) is 13.0. The molecule has 4 rings (SSSR count). The van der Waals surface area contributed by atoms with Crippen molar-refractivity contribution in [2.45, 2.75) is 82.8 Å². The number of amides is 1. The Kier molecular flexibility index (Phi) is 10.6. The number of para-hydroxylation sites is 1. The van der Waals surface area contributed by atoms with Gasteiger partial charge < -0.3 is 24.4 Å². The van der Waals surface area contributed by atoms with Gasteiger partial charge in [-0.1, -0.05) is 18.2 Å². The van der Waals surface area contributed by atoms with Crippen molar-refractivity contribution in [1.82, 2.24) is 19.5 Å². The lowest BCUT2D eigenvalue weighted by molar-refractivity contribution is -0.149. The van der Waals surface area contributed by atoms with Crippen molar-refractivity contribution in [1.29, 1.82) is 0 Å². The van der Waals surface area contributed by atoms with Crippen LogP contribution in [0.5, 0.6) is 5.75 Å².